The summed E-state index contributed by atoms with van der Waals surface area (Å²) in [6, 6.07) is 6.16. The average molecular weight is 332 g/mol. The maximum absolute atomic E-state index is 10.7. The molecule has 7 heteroatoms. The molecular weight excluding hydrogens is 323 g/mol. The number of rotatable bonds is 3. The zero-order valence-electron chi connectivity index (χ0n) is 10.0. The summed E-state index contributed by atoms with van der Waals surface area (Å²) in [5, 5.41) is 9.80. The number of hydrogen-bond donors (Lipinski definition) is 2. The van der Waals surface area contributed by atoms with Crippen molar-refractivity contribution in [3.8, 4) is 11.3 Å². The molecule has 0 fully saturated rings. The molecule has 0 radical (unpaired) electrons. The number of anilines is 1. The van der Waals surface area contributed by atoms with Gasteiger partial charge in [-0.15, -0.1) is 0 Å². The third-order valence-corrected chi connectivity index (χ3v) is 3.37. The summed E-state index contributed by atoms with van der Waals surface area (Å²) in [6.45, 7) is 0. The van der Waals surface area contributed by atoms with E-state index in [-0.39, 0.29) is 6.42 Å². The van der Waals surface area contributed by atoms with Crippen LogP contribution < -0.4 is 5.73 Å². The molecule has 0 aliphatic heterocycles. The Morgan fingerprint density at radius 2 is 1.80 bits per heavy atom. The van der Waals surface area contributed by atoms with Crippen LogP contribution in [-0.4, -0.2) is 16.1 Å². The van der Waals surface area contributed by atoms with Gasteiger partial charge in [0.25, 0.3) is 0 Å². The molecule has 0 amide bonds. The second-order valence-electron chi connectivity index (χ2n) is 4.06. The van der Waals surface area contributed by atoms with E-state index in [9.17, 15) is 4.79 Å². The smallest absolute Gasteiger partial charge is 0.309 e. The van der Waals surface area contributed by atoms with Gasteiger partial charge in [-0.2, -0.15) is 0 Å². The van der Waals surface area contributed by atoms with Crippen molar-refractivity contribution in [2.24, 2.45) is 0 Å². The Morgan fingerprint density at radius 1 is 1.20 bits per heavy atom. The van der Waals surface area contributed by atoms with Crippen molar-refractivity contribution in [3.63, 3.8) is 0 Å². The quantitative estimate of drug-likeness (QED) is 0.893. The fraction of sp³-hybridized carbons (Fsp3) is 0.0769. The minimum absolute atomic E-state index is 0.212. The highest BCUT2D eigenvalue weighted by atomic mass is 35.5. The summed E-state index contributed by atoms with van der Waals surface area (Å²) >= 11 is 18.1. The van der Waals surface area contributed by atoms with Crippen LogP contribution in [0.1, 0.15) is 5.69 Å². The van der Waals surface area contributed by atoms with Gasteiger partial charge >= 0.3 is 5.97 Å². The van der Waals surface area contributed by atoms with Gasteiger partial charge < -0.3 is 10.8 Å². The van der Waals surface area contributed by atoms with Crippen molar-refractivity contribution in [1.82, 2.24) is 4.98 Å². The molecule has 2 aromatic rings. The van der Waals surface area contributed by atoms with Crippen LogP contribution in [-0.2, 0) is 11.2 Å². The maximum Gasteiger partial charge on any atom is 0.309 e. The number of carboxylic acid groups (broad SMARTS) is 1. The minimum Gasteiger partial charge on any atom is -0.481 e. The number of nitrogens with two attached hydrogens (primary N) is 1. The minimum atomic E-state index is -0.985. The SMILES string of the molecule is Nc1ccc(CC(=O)O)nc1-c1c(Cl)cc(Cl)cc1Cl. The second kappa shape index (κ2) is 5.87. The van der Waals surface area contributed by atoms with E-state index in [2.05, 4.69) is 4.98 Å². The van der Waals surface area contributed by atoms with E-state index >= 15 is 0 Å². The highest BCUT2D eigenvalue weighted by Crippen LogP contribution is 2.38. The molecule has 1 heterocycles. The van der Waals surface area contributed by atoms with Crippen LogP contribution in [0.4, 0.5) is 5.69 Å². The lowest BCUT2D eigenvalue weighted by atomic mass is 10.1. The monoisotopic (exact) mass is 330 g/mol. The molecule has 3 N–H and O–H groups in total. The third kappa shape index (κ3) is 3.15. The maximum atomic E-state index is 10.7. The van der Waals surface area contributed by atoms with Gasteiger partial charge in [0, 0.05) is 10.6 Å². The Hall–Kier alpha value is -1.49. The van der Waals surface area contributed by atoms with Crippen molar-refractivity contribution in [3.05, 3.63) is 45.0 Å². The highest BCUT2D eigenvalue weighted by Gasteiger charge is 2.15. The van der Waals surface area contributed by atoms with Crippen molar-refractivity contribution in [2.75, 3.05) is 5.73 Å². The molecule has 0 aliphatic carbocycles. The van der Waals surface area contributed by atoms with Crippen LogP contribution in [0.3, 0.4) is 0 Å². The Bertz CT molecular complexity index is 666. The van der Waals surface area contributed by atoms with Crippen LogP contribution in [0, 0.1) is 0 Å². The lowest BCUT2D eigenvalue weighted by molar-refractivity contribution is -0.136. The fourth-order valence-electron chi connectivity index (χ4n) is 1.73. The Balaban J connectivity index is 2.60. The number of pyridine rings is 1. The number of nitrogens with zero attached hydrogens (tertiary/aromatic N) is 1. The predicted molar refractivity (Wildman–Crippen MR) is 80.5 cm³/mol. The average Bonchev–Trinajstić information content (AvgIpc) is 2.31. The van der Waals surface area contributed by atoms with Crippen LogP contribution in [0.25, 0.3) is 11.3 Å². The normalized spacial score (nSPS) is 10.6. The molecule has 1 aromatic carbocycles. The molecule has 20 heavy (non-hydrogen) atoms. The van der Waals surface area contributed by atoms with Gasteiger partial charge in [-0.05, 0) is 24.3 Å². The zero-order chi connectivity index (χ0) is 14.9. The summed E-state index contributed by atoms with van der Waals surface area (Å²) in [7, 11) is 0. The van der Waals surface area contributed by atoms with E-state index in [1.807, 2.05) is 0 Å². The van der Waals surface area contributed by atoms with Crippen molar-refractivity contribution >= 4 is 46.5 Å². The molecule has 0 bridgehead atoms. The van der Waals surface area contributed by atoms with E-state index in [4.69, 9.17) is 45.6 Å². The lowest BCUT2D eigenvalue weighted by Crippen LogP contribution is -2.04. The van der Waals surface area contributed by atoms with Crippen LogP contribution >= 0.6 is 34.8 Å². The summed E-state index contributed by atoms with van der Waals surface area (Å²) in [5.74, 6) is -0.985. The standard InChI is InChI=1S/C13H9Cl3N2O2/c14-6-3-8(15)12(9(16)4-6)13-10(17)2-1-7(18-13)5-11(19)20/h1-4H,5,17H2,(H,19,20). The zero-order valence-corrected chi connectivity index (χ0v) is 12.3. The molecule has 104 valence electrons. The van der Waals surface area contributed by atoms with Gasteiger partial charge in [-0.1, -0.05) is 34.8 Å². The molecule has 1 aromatic heterocycles. The van der Waals surface area contributed by atoms with Crippen LogP contribution in [0.15, 0.2) is 24.3 Å². The molecule has 0 saturated heterocycles. The Kier molecular flexibility index (Phi) is 4.38. The first-order valence-corrected chi connectivity index (χ1v) is 6.64. The number of halogens is 3. The number of benzene rings is 1. The van der Waals surface area contributed by atoms with E-state index in [1.54, 1.807) is 12.1 Å². The van der Waals surface area contributed by atoms with Crippen molar-refractivity contribution in [1.29, 1.82) is 0 Å². The first-order chi connectivity index (χ1) is 9.38. The third-order valence-electron chi connectivity index (χ3n) is 2.56. The molecule has 0 spiro atoms. The molecular formula is C13H9Cl3N2O2. The molecule has 0 unspecified atom stereocenters. The van der Waals surface area contributed by atoms with E-state index < -0.39 is 5.97 Å². The number of aliphatic carboxylic acids is 1. The first kappa shape index (κ1) is 14.9. The second-order valence-corrected chi connectivity index (χ2v) is 5.31. The molecule has 0 aliphatic rings. The molecule has 0 atom stereocenters. The number of nitrogen functional groups attached to an aromatic ring is 1. The van der Waals surface area contributed by atoms with Gasteiger partial charge in [-0.3, -0.25) is 4.79 Å². The van der Waals surface area contributed by atoms with Crippen molar-refractivity contribution < 1.29 is 9.90 Å². The highest BCUT2D eigenvalue weighted by molar-refractivity contribution is 6.41. The first-order valence-electron chi connectivity index (χ1n) is 5.50. The summed E-state index contributed by atoms with van der Waals surface area (Å²) < 4.78 is 0. The number of aromatic nitrogens is 1. The van der Waals surface area contributed by atoms with E-state index in [0.29, 0.717) is 37.7 Å². The number of carboxylic acids is 1. The van der Waals surface area contributed by atoms with E-state index in [0.717, 1.165) is 0 Å². The molecule has 0 saturated carbocycles. The molecule has 2 rings (SSSR count). The lowest BCUT2D eigenvalue weighted by Gasteiger charge is -2.11. The van der Waals surface area contributed by atoms with Gasteiger partial charge in [0.05, 0.1) is 33.5 Å². The summed E-state index contributed by atoms with van der Waals surface area (Å²) in [6.07, 6.45) is -0.212. The van der Waals surface area contributed by atoms with Gasteiger partial charge in [0.2, 0.25) is 0 Å². The molecule has 4 nitrogen and oxygen atoms in total. The number of carbonyl (C=O) groups is 1. The van der Waals surface area contributed by atoms with Gasteiger partial charge in [0.15, 0.2) is 0 Å². The van der Waals surface area contributed by atoms with Crippen LogP contribution in [0.2, 0.25) is 15.1 Å². The largest absolute Gasteiger partial charge is 0.481 e. The van der Waals surface area contributed by atoms with Gasteiger partial charge in [-0.25, -0.2) is 4.98 Å². The van der Waals surface area contributed by atoms with Gasteiger partial charge in [0.1, 0.15) is 0 Å². The predicted octanol–water partition coefficient (Wildman–Crippen LogP) is 3.92. The topological polar surface area (TPSA) is 76.2 Å². The summed E-state index contributed by atoms with van der Waals surface area (Å²) in [5.41, 5.74) is 7.36. The van der Waals surface area contributed by atoms with Crippen molar-refractivity contribution in [2.45, 2.75) is 6.42 Å². The Labute approximate surface area is 130 Å². The van der Waals surface area contributed by atoms with Crippen LogP contribution in [0.5, 0.6) is 0 Å². The fourth-order valence-corrected chi connectivity index (χ4v) is 2.73. The van der Waals surface area contributed by atoms with E-state index in [1.165, 1.54) is 12.1 Å². The Morgan fingerprint density at radius 3 is 2.35 bits per heavy atom. The number of hydrogen-bond acceptors (Lipinski definition) is 3. The summed E-state index contributed by atoms with van der Waals surface area (Å²) in [4.78, 5) is 15.0.